The van der Waals surface area contributed by atoms with E-state index in [4.69, 9.17) is 5.73 Å². The van der Waals surface area contributed by atoms with Crippen molar-refractivity contribution >= 4 is 11.0 Å². The number of halogens is 3. The number of rotatable bonds is 1. The van der Waals surface area contributed by atoms with Crippen molar-refractivity contribution in [1.82, 2.24) is 9.97 Å². The van der Waals surface area contributed by atoms with Gasteiger partial charge in [0.1, 0.15) is 11.7 Å². The third-order valence-electron chi connectivity index (χ3n) is 2.17. The van der Waals surface area contributed by atoms with Crippen molar-refractivity contribution in [3.63, 3.8) is 0 Å². The van der Waals surface area contributed by atoms with E-state index < -0.39 is 12.2 Å². The molecule has 0 saturated heterocycles. The third kappa shape index (κ3) is 1.68. The van der Waals surface area contributed by atoms with E-state index in [0.717, 1.165) is 0 Å². The molecule has 0 saturated carbocycles. The van der Waals surface area contributed by atoms with Crippen LogP contribution in [0.15, 0.2) is 24.5 Å². The standard InChI is InChI=1S/C9H8F3N3/c10-9(11,12)7(13)6-4-15-8-5(6)2-1-3-14-8/h1-4,7H,13H2,(H,14,15). The molecule has 0 radical (unpaired) electrons. The Hall–Kier alpha value is -1.56. The summed E-state index contributed by atoms with van der Waals surface area (Å²) in [6.45, 7) is 0. The van der Waals surface area contributed by atoms with Crippen molar-refractivity contribution in [3.8, 4) is 0 Å². The second kappa shape index (κ2) is 3.23. The van der Waals surface area contributed by atoms with Crippen LogP contribution in [-0.2, 0) is 0 Å². The fourth-order valence-electron chi connectivity index (χ4n) is 1.41. The molecule has 0 aromatic carbocycles. The molecule has 0 aliphatic carbocycles. The average Bonchev–Trinajstić information content (AvgIpc) is 2.58. The highest BCUT2D eigenvalue weighted by atomic mass is 19.4. The van der Waals surface area contributed by atoms with E-state index in [1.165, 1.54) is 12.4 Å². The molecule has 80 valence electrons. The lowest BCUT2D eigenvalue weighted by Crippen LogP contribution is -2.28. The summed E-state index contributed by atoms with van der Waals surface area (Å²) in [5.74, 6) is 0. The van der Waals surface area contributed by atoms with Gasteiger partial charge < -0.3 is 10.7 Å². The Morgan fingerprint density at radius 2 is 2.13 bits per heavy atom. The number of aromatic nitrogens is 2. The lowest BCUT2D eigenvalue weighted by atomic mass is 10.1. The maximum atomic E-state index is 12.4. The smallest absolute Gasteiger partial charge is 0.346 e. The minimum absolute atomic E-state index is 0.0191. The largest absolute Gasteiger partial charge is 0.407 e. The van der Waals surface area contributed by atoms with Crippen molar-refractivity contribution in [1.29, 1.82) is 0 Å². The highest BCUT2D eigenvalue weighted by Gasteiger charge is 2.39. The van der Waals surface area contributed by atoms with Crippen molar-refractivity contribution in [2.75, 3.05) is 0 Å². The summed E-state index contributed by atoms with van der Waals surface area (Å²) in [6, 6.07) is 1.15. The molecule has 0 aliphatic rings. The minimum atomic E-state index is -4.44. The number of hydrogen-bond donors (Lipinski definition) is 2. The van der Waals surface area contributed by atoms with Gasteiger partial charge in [0.25, 0.3) is 0 Å². The molecule has 3 nitrogen and oxygen atoms in total. The fraction of sp³-hybridized carbons (Fsp3) is 0.222. The second-order valence-electron chi connectivity index (χ2n) is 3.16. The molecule has 0 amide bonds. The Labute approximate surface area is 83.1 Å². The zero-order valence-electron chi connectivity index (χ0n) is 7.55. The van der Waals surface area contributed by atoms with E-state index >= 15 is 0 Å². The van der Waals surface area contributed by atoms with Crippen molar-refractivity contribution < 1.29 is 13.2 Å². The van der Waals surface area contributed by atoms with E-state index in [-0.39, 0.29) is 5.56 Å². The topological polar surface area (TPSA) is 54.7 Å². The van der Waals surface area contributed by atoms with E-state index in [1.54, 1.807) is 12.1 Å². The molecule has 0 spiro atoms. The fourth-order valence-corrected chi connectivity index (χ4v) is 1.41. The third-order valence-corrected chi connectivity index (χ3v) is 2.17. The number of fused-ring (bicyclic) bond motifs is 1. The summed E-state index contributed by atoms with van der Waals surface area (Å²) >= 11 is 0. The molecular weight excluding hydrogens is 207 g/mol. The van der Waals surface area contributed by atoms with Crippen molar-refractivity contribution in [3.05, 3.63) is 30.1 Å². The lowest BCUT2D eigenvalue weighted by molar-refractivity contribution is -0.148. The number of nitrogens with one attached hydrogen (secondary N) is 1. The number of nitrogens with zero attached hydrogens (tertiary/aromatic N) is 1. The van der Waals surface area contributed by atoms with Crippen molar-refractivity contribution in [2.45, 2.75) is 12.2 Å². The van der Waals surface area contributed by atoms with Crippen LogP contribution in [-0.4, -0.2) is 16.1 Å². The predicted molar refractivity (Wildman–Crippen MR) is 49.1 cm³/mol. The van der Waals surface area contributed by atoms with E-state index in [0.29, 0.717) is 11.0 Å². The van der Waals surface area contributed by atoms with Gasteiger partial charge in [-0.05, 0) is 12.1 Å². The molecule has 2 aromatic heterocycles. The van der Waals surface area contributed by atoms with Crippen LogP contribution in [0.1, 0.15) is 11.6 Å². The molecule has 15 heavy (non-hydrogen) atoms. The highest BCUT2D eigenvalue weighted by Crippen LogP contribution is 2.33. The monoisotopic (exact) mass is 215 g/mol. The first-order valence-electron chi connectivity index (χ1n) is 4.24. The van der Waals surface area contributed by atoms with Gasteiger partial charge in [0.05, 0.1) is 0 Å². The summed E-state index contributed by atoms with van der Waals surface area (Å²) in [4.78, 5) is 6.54. The van der Waals surface area contributed by atoms with E-state index in [1.807, 2.05) is 0 Å². The molecule has 0 fully saturated rings. The van der Waals surface area contributed by atoms with Gasteiger partial charge in [-0.2, -0.15) is 13.2 Å². The van der Waals surface area contributed by atoms with Gasteiger partial charge in [-0.25, -0.2) is 4.98 Å². The lowest BCUT2D eigenvalue weighted by Gasteiger charge is -2.14. The van der Waals surface area contributed by atoms with Crippen LogP contribution in [0, 0.1) is 0 Å². The molecule has 2 aromatic rings. The first-order valence-corrected chi connectivity index (χ1v) is 4.24. The van der Waals surface area contributed by atoms with Crippen LogP contribution in [0.2, 0.25) is 0 Å². The number of pyridine rings is 1. The maximum absolute atomic E-state index is 12.4. The van der Waals surface area contributed by atoms with Gasteiger partial charge >= 0.3 is 6.18 Å². The molecule has 2 heterocycles. The Balaban J connectivity index is 2.53. The number of H-pyrrole nitrogens is 1. The Kier molecular flexibility index (Phi) is 2.15. The Morgan fingerprint density at radius 1 is 1.40 bits per heavy atom. The zero-order chi connectivity index (χ0) is 11.1. The summed E-state index contributed by atoms with van der Waals surface area (Å²) in [5.41, 5.74) is 5.54. The van der Waals surface area contributed by atoms with Gasteiger partial charge in [-0.15, -0.1) is 0 Å². The molecular formula is C9H8F3N3. The number of aromatic amines is 1. The summed E-state index contributed by atoms with van der Waals surface area (Å²) in [7, 11) is 0. The molecule has 1 unspecified atom stereocenters. The molecule has 0 bridgehead atoms. The first kappa shape index (κ1) is 9.97. The number of nitrogens with two attached hydrogens (primary N) is 1. The quantitative estimate of drug-likeness (QED) is 0.765. The maximum Gasteiger partial charge on any atom is 0.407 e. The first-order chi connectivity index (χ1) is 7.00. The number of alkyl halides is 3. The van der Waals surface area contributed by atoms with Crippen LogP contribution in [0.25, 0.3) is 11.0 Å². The molecule has 6 heteroatoms. The van der Waals surface area contributed by atoms with Gasteiger partial charge in [-0.3, -0.25) is 0 Å². The number of hydrogen-bond acceptors (Lipinski definition) is 2. The van der Waals surface area contributed by atoms with Gasteiger partial charge in [0.2, 0.25) is 0 Å². The minimum Gasteiger partial charge on any atom is -0.346 e. The Morgan fingerprint density at radius 3 is 2.80 bits per heavy atom. The van der Waals surface area contributed by atoms with Gasteiger partial charge in [0.15, 0.2) is 0 Å². The van der Waals surface area contributed by atoms with E-state index in [2.05, 4.69) is 9.97 Å². The average molecular weight is 215 g/mol. The SMILES string of the molecule is NC(c1c[nH]c2ncccc12)C(F)(F)F. The van der Waals surface area contributed by atoms with Gasteiger partial charge in [0, 0.05) is 23.3 Å². The van der Waals surface area contributed by atoms with Crippen LogP contribution in [0.3, 0.4) is 0 Å². The Bertz CT molecular complexity index is 475. The summed E-state index contributed by atoms with van der Waals surface area (Å²) in [6.07, 6.45) is -1.69. The van der Waals surface area contributed by atoms with E-state index in [9.17, 15) is 13.2 Å². The van der Waals surface area contributed by atoms with Crippen LogP contribution < -0.4 is 5.73 Å². The summed E-state index contributed by atoms with van der Waals surface area (Å²) < 4.78 is 37.1. The molecule has 3 N–H and O–H groups in total. The molecule has 0 aliphatic heterocycles. The van der Waals surface area contributed by atoms with Crippen LogP contribution in [0.5, 0.6) is 0 Å². The van der Waals surface area contributed by atoms with Crippen molar-refractivity contribution in [2.24, 2.45) is 5.73 Å². The normalized spacial score (nSPS) is 14.4. The summed E-state index contributed by atoms with van der Waals surface area (Å²) in [5, 5.41) is 0.405. The van der Waals surface area contributed by atoms with Crippen LogP contribution >= 0.6 is 0 Å². The zero-order valence-corrected chi connectivity index (χ0v) is 7.55. The molecule has 2 rings (SSSR count). The molecule has 1 atom stereocenters. The predicted octanol–water partition coefficient (Wildman–Crippen LogP) is 2.12. The second-order valence-corrected chi connectivity index (χ2v) is 3.16. The highest BCUT2D eigenvalue weighted by molar-refractivity contribution is 5.80. The van der Waals surface area contributed by atoms with Gasteiger partial charge in [-0.1, -0.05) is 0 Å². The van der Waals surface area contributed by atoms with Crippen LogP contribution in [0.4, 0.5) is 13.2 Å².